The SMILES string of the molecule is COc1ccc(S(=O)(=O)N(C)Cc2ccc(F)cc2Cl)cc1. The van der Waals surface area contributed by atoms with Crippen LogP contribution in [0.3, 0.4) is 0 Å². The second-order valence-corrected chi connectivity index (χ2v) is 7.12. The molecular weight excluding hydrogens is 329 g/mol. The van der Waals surface area contributed by atoms with Gasteiger partial charge in [0.15, 0.2) is 0 Å². The maximum Gasteiger partial charge on any atom is 0.243 e. The molecule has 0 bridgehead atoms. The van der Waals surface area contributed by atoms with E-state index in [1.54, 1.807) is 12.1 Å². The highest BCUT2D eigenvalue weighted by atomic mass is 35.5. The van der Waals surface area contributed by atoms with Crippen LogP contribution in [0.1, 0.15) is 5.56 Å². The predicted molar refractivity (Wildman–Crippen MR) is 83.1 cm³/mol. The Labute approximate surface area is 134 Å². The summed E-state index contributed by atoms with van der Waals surface area (Å²) in [6.07, 6.45) is 0. The highest BCUT2D eigenvalue weighted by Gasteiger charge is 2.21. The van der Waals surface area contributed by atoms with Crippen LogP contribution in [0.15, 0.2) is 47.4 Å². The lowest BCUT2D eigenvalue weighted by atomic mass is 10.2. The van der Waals surface area contributed by atoms with Crippen LogP contribution in [0.25, 0.3) is 0 Å². The molecule has 0 amide bonds. The molecule has 0 saturated carbocycles. The summed E-state index contributed by atoms with van der Waals surface area (Å²) in [5.74, 6) is 0.109. The third-order valence-electron chi connectivity index (χ3n) is 3.18. The summed E-state index contributed by atoms with van der Waals surface area (Å²) in [6, 6.07) is 9.96. The van der Waals surface area contributed by atoms with Gasteiger partial charge in [-0.05, 0) is 42.0 Å². The molecule has 0 aromatic heterocycles. The molecule has 0 atom stereocenters. The van der Waals surface area contributed by atoms with Crippen molar-refractivity contribution >= 4 is 21.6 Å². The van der Waals surface area contributed by atoms with Crippen molar-refractivity contribution in [3.05, 3.63) is 58.9 Å². The summed E-state index contributed by atoms with van der Waals surface area (Å²) in [5.41, 5.74) is 0.530. The lowest BCUT2D eigenvalue weighted by Gasteiger charge is -2.18. The van der Waals surface area contributed by atoms with E-state index < -0.39 is 15.8 Å². The largest absolute Gasteiger partial charge is 0.497 e. The van der Waals surface area contributed by atoms with Gasteiger partial charge in [0.1, 0.15) is 11.6 Å². The first-order chi connectivity index (χ1) is 10.3. The smallest absolute Gasteiger partial charge is 0.243 e. The van der Waals surface area contributed by atoms with Gasteiger partial charge in [-0.15, -0.1) is 0 Å². The molecule has 22 heavy (non-hydrogen) atoms. The molecule has 0 N–H and O–H groups in total. The molecule has 118 valence electrons. The fourth-order valence-electron chi connectivity index (χ4n) is 1.90. The Bertz CT molecular complexity index is 763. The highest BCUT2D eigenvalue weighted by molar-refractivity contribution is 7.89. The van der Waals surface area contributed by atoms with E-state index in [4.69, 9.17) is 16.3 Å². The lowest BCUT2D eigenvalue weighted by molar-refractivity contribution is 0.414. The van der Waals surface area contributed by atoms with Gasteiger partial charge < -0.3 is 4.74 Å². The average molecular weight is 344 g/mol. The van der Waals surface area contributed by atoms with Crippen molar-refractivity contribution in [1.82, 2.24) is 4.31 Å². The summed E-state index contributed by atoms with van der Waals surface area (Å²) in [4.78, 5) is 0.147. The number of halogens is 2. The first kappa shape index (κ1) is 16.7. The summed E-state index contributed by atoms with van der Waals surface area (Å²) >= 11 is 5.93. The van der Waals surface area contributed by atoms with Crippen molar-refractivity contribution in [2.24, 2.45) is 0 Å². The zero-order valence-electron chi connectivity index (χ0n) is 12.1. The number of benzene rings is 2. The van der Waals surface area contributed by atoms with E-state index in [-0.39, 0.29) is 16.5 Å². The molecule has 2 rings (SSSR count). The van der Waals surface area contributed by atoms with Crippen molar-refractivity contribution in [3.8, 4) is 5.75 Å². The molecule has 0 aliphatic carbocycles. The third-order valence-corrected chi connectivity index (χ3v) is 5.35. The van der Waals surface area contributed by atoms with Crippen molar-refractivity contribution in [1.29, 1.82) is 0 Å². The number of hydrogen-bond acceptors (Lipinski definition) is 3. The van der Waals surface area contributed by atoms with Crippen molar-refractivity contribution in [3.63, 3.8) is 0 Å². The standard InChI is InChI=1S/C15H15ClFNO3S/c1-18(10-11-3-4-12(17)9-15(11)16)22(19,20)14-7-5-13(21-2)6-8-14/h3-9H,10H2,1-2H3. The van der Waals surface area contributed by atoms with Crippen LogP contribution < -0.4 is 4.74 Å². The Balaban J connectivity index is 2.24. The molecular formula is C15H15ClFNO3S. The first-order valence-electron chi connectivity index (χ1n) is 6.39. The van der Waals surface area contributed by atoms with Crippen LogP contribution >= 0.6 is 11.6 Å². The Morgan fingerprint density at radius 1 is 1.18 bits per heavy atom. The van der Waals surface area contributed by atoms with E-state index in [1.165, 1.54) is 38.4 Å². The number of nitrogens with zero attached hydrogens (tertiary/aromatic N) is 1. The van der Waals surface area contributed by atoms with Crippen LogP contribution in [0.5, 0.6) is 5.75 Å². The molecule has 0 unspecified atom stereocenters. The highest BCUT2D eigenvalue weighted by Crippen LogP contribution is 2.23. The molecule has 0 heterocycles. The molecule has 2 aromatic carbocycles. The zero-order chi connectivity index (χ0) is 16.3. The lowest BCUT2D eigenvalue weighted by Crippen LogP contribution is -2.26. The van der Waals surface area contributed by atoms with E-state index in [0.717, 1.165) is 10.4 Å². The summed E-state index contributed by atoms with van der Waals surface area (Å²) in [7, 11) is -0.714. The summed E-state index contributed by atoms with van der Waals surface area (Å²) in [5, 5.41) is 0.191. The quantitative estimate of drug-likeness (QED) is 0.836. The number of ether oxygens (including phenoxy) is 1. The Kier molecular flexibility index (Phi) is 5.05. The van der Waals surface area contributed by atoms with E-state index >= 15 is 0 Å². The van der Waals surface area contributed by atoms with Crippen LogP contribution in [-0.4, -0.2) is 26.9 Å². The predicted octanol–water partition coefficient (Wildman–Crippen LogP) is 3.31. The number of rotatable bonds is 5. The van der Waals surface area contributed by atoms with E-state index in [9.17, 15) is 12.8 Å². The van der Waals surface area contributed by atoms with Gasteiger partial charge in [-0.3, -0.25) is 0 Å². The van der Waals surface area contributed by atoms with Gasteiger partial charge in [-0.2, -0.15) is 4.31 Å². The van der Waals surface area contributed by atoms with Crippen LogP contribution in [0.4, 0.5) is 4.39 Å². The second kappa shape index (κ2) is 6.64. The monoisotopic (exact) mass is 343 g/mol. The molecule has 7 heteroatoms. The van der Waals surface area contributed by atoms with Gasteiger partial charge in [-0.25, -0.2) is 12.8 Å². The van der Waals surface area contributed by atoms with Crippen molar-refractivity contribution in [2.75, 3.05) is 14.2 Å². The molecule has 0 aliphatic heterocycles. The number of sulfonamides is 1. The Morgan fingerprint density at radius 2 is 1.82 bits per heavy atom. The first-order valence-corrected chi connectivity index (χ1v) is 8.20. The maximum absolute atomic E-state index is 13.0. The topological polar surface area (TPSA) is 46.6 Å². The van der Waals surface area contributed by atoms with Crippen LogP contribution in [-0.2, 0) is 16.6 Å². The fourth-order valence-corrected chi connectivity index (χ4v) is 3.28. The van der Waals surface area contributed by atoms with Gasteiger partial charge >= 0.3 is 0 Å². The maximum atomic E-state index is 13.0. The minimum absolute atomic E-state index is 0.0491. The van der Waals surface area contributed by atoms with Crippen molar-refractivity contribution < 1.29 is 17.5 Å². The second-order valence-electron chi connectivity index (χ2n) is 4.67. The van der Waals surface area contributed by atoms with Gasteiger partial charge in [-0.1, -0.05) is 17.7 Å². The summed E-state index contributed by atoms with van der Waals surface area (Å²) < 4.78 is 44.2. The minimum atomic E-state index is -3.66. The molecule has 4 nitrogen and oxygen atoms in total. The number of methoxy groups -OCH3 is 1. The third kappa shape index (κ3) is 3.58. The van der Waals surface area contributed by atoms with Crippen LogP contribution in [0.2, 0.25) is 5.02 Å². The molecule has 0 saturated heterocycles. The van der Waals surface area contributed by atoms with Gasteiger partial charge in [0.2, 0.25) is 10.0 Å². The molecule has 0 radical (unpaired) electrons. The minimum Gasteiger partial charge on any atom is -0.497 e. The van der Waals surface area contributed by atoms with E-state index in [2.05, 4.69) is 0 Å². The van der Waals surface area contributed by atoms with Crippen LogP contribution in [0, 0.1) is 5.82 Å². The molecule has 0 aliphatic rings. The van der Waals surface area contributed by atoms with Crippen molar-refractivity contribution in [2.45, 2.75) is 11.4 Å². The Hall–Kier alpha value is -1.63. The number of hydrogen-bond donors (Lipinski definition) is 0. The molecule has 0 spiro atoms. The fraction of sp³-hybridized carbons (Fsp3) is 0.200. The molecule has 2 aromatic rings. The molecule has 0 fully saturated rings. The Morgan fingerprint density at radius 3 is 2.36 bits per heavy atom. The summed E-state index contributed by atoms with van der Waals surface area (Å²) in [6.45, 7) is 0.0491. The van der Waals surface area contributed by atoms with E-state index in [1.807, 2.05) is 0 Å². The zero-order valence-corrected chi connectivity index (χ0v) is 13.7. The average Bonchev–Trinajstić information content (AvgIpc) is 2.50. The van der Waals surface area contributed by atoms with Gasteiger partial charge in [0.25, 0.3) is 0 Å². The van der Waals surface area contributed by atoms with Gasteiger partial charge in [0, 0.05) is 18.6 Å². The van der Waals surface area contributed by atoms with E-state index in [0.29, 0.717) is 11.3 Å². The van der Waals surface area contributed by atoms with Gasteiger partial charge in [0.05, 0.1) is 12.0 Å². The normalized spacial score (nSPS) is 11.7.